The Morgan fingerprint density at radius 3 is 1.70 bits per heavy atom. The summed E-state index contributed by atoms with van der Waals surface area (Å²) in [4.78, 5) is 5.55. The maximum atomic E-state index is 12.4. The van der Waals surface area contributed by atoms with Crippen LogP contribution in [0.25, 0.3) is 0 Å². The van der Waals surface area contributed by atoms with Crippen LogP contribution in [0, 0.1) is 45.3 Å². The number of aromatic hydroxyl groups is 2. The van der Waals surface area contributed by atoms with Crippen LogP contribution in [0.4, 0.5) is 0 Å². The molecular formula is C59H82N2O8. The summed E-state index contributed by atoms with van der Waals surface area (Å²) in [6.07, 6.45) is 19.8. The molecule has 10 nitrogen and oxygen atoms in total. The number of nitrogens with zero attached hydrogens (tertiary/aromatic N) is 2. The van der Waals surface area contributed by atoms with Gasteiger partial charge in [0.25, 0.3) is 0 Å². The van der Waals surface area contributed by atoms with E-state index >= 15 is 0 Å². The fraction of sp³-hybridized carbons (Fsp3) is 0.729. The van der Waals surface area contributed by atoms with Crippen molar-refractivity contribution in [2.45, 2.75) is 192 Å². The van der Waals surface area contributed by atoms with Gasteiger partial charge in [0.2, 0.25) is 0 Å². The Hall–Kier alpha value is -3.12. The maximum Gasteiger partial charge on any atom is 0.165 e. The van der Waals surface area contributed by atoms with Crippen molar-refractivity contribution in [3.8, 4) is 23.0 Å². The van der Waals surface area contributed by atoms with Crippen molar-refractivity contribution in [3.63, 3.8) is 0 Å². The van der Waals surface area contributed by atoms with Crippen molar-refractivity contribution >= 4 is 0 Å². The van der Waals surface area contributed by atoms with Gasteiger partial charge in [0.05, 0.1) is 22.0 Å². The van der Waals surface area contributed by atoms with Gasteiger partial charge in [0, 0.05) is 59.0 Å². The highest BCUT2D eigenvalue weighted by Gasteiger charge is 2.83. The number of hydrogen-bond acceptors (Lipinski definition) is 10. The van der Waals surface area contributed by atoms with Crippen LogP contribution in [0.15, 0.2) is 48.6 Å². The molecule has 15 aliphatic rings. The first-order chi connectivity index (χ1) is 31.6. The third-order valence-corrected chi connectivity index (χ3v) is 22.6. The largest absolute Gasteiger partial charge is 0.504 e. The second kappa shape index (κ2) is 13.9. The third kappa shape index (κ3) is 5.26. The molecule has 8 bridgehead atoms. The number of hydrogen-bond donors (Lipinski definition) is 4. The van der Waals surface area contributed by atoms with Gasteiger partial charge in [-0.05, 0) is 137 Å². The van der Waals surface area contributed by atoms with E-state index in [2.05, 4.69) is 88.6 Å². The van der Waals surface area contributed by atoms with Gasteiger partial charge in [-0.2, -0.15) is 0 Å². The summed E-state index contributed by atoms with van der Waals surface area (Å²) in [5.74, 6) is 3.29. The average molecular weight is 947 g/mol. The predicted molar refractivity (Wildman–Crippen MR) is 267 cm³/mol. The van der Waals surface area contributed by atoms with Crippen LogP contribution in [-0.4, -0.2) is 110 Å². The topological polar surface area (TPSA) is 124 Å². The number of rotatable bonds is 5. The first-order valence-corrected chi connectivity index (χ1v) is 26.3. The average Bonchev–Trinajstić information content (AvgIpc) is 4.20. The van der Waals surface area contributed by atoms with Crippen LogP contribution in [0.3, 0.4) is 0 Å². The molecule has 5 aliphatic heterocycles. The summed E-state index contributed by atoms with van der Waals surface area (Å²) in [6.45, 7) is 22.1. The van der Waals surface area contributed by atoms with E-state index in [0.717, 1.165) is 81.3 Å². The number of aliphatic hydroxyl groups is 2. The first-order valence-electron chi connectivity index (χ1n) is 26.3. The summed E-state index contributed by atoms with van der Waals surface area (Å²) in [5, 5.41) is 46.2. The zero-order chi connectivity index (χ0) is 46.5. The molecular weight excluding hydrogens is 865 g/mol. The van der Waals surface area contributed by atoms with Gasteiger partial charge in [0.1, 0.15) is 30.2 Å². The van der Waals surface area contributed by atoms with Gasteiger partial charge >= 0.3 is 0 Å². The van der Waals surface area contributed by atoms with E-state index in [0.29, 0.717) is 17.8 Å². The molecule has 0 radical (unpaired) electrons. The van der Waals surface area contributed by atoms with E-state index in [1.807, 2.05) is 19.1 Å². The molecule has 10 aliphatic carbocycles. The Morgan fingerprint density at radius 2 is 1.17 bits per heavy atom. The minimum Gasteiger partial charge on any atom is -0.504 e. The number of phenols is 2. The van der Waals surface area contributed by atoms with E-state index in [1.165, 1.54) is 48.9 Å². The van der Waals surface area contributed by atoms with Crippen molar-refractivity contribution in [2.24, 2.45) is 45.3 Å². The number of benzene rings is 2. The van der Waals surface area contributed by atoms with Gasteiger partial charge in [0.15, 0.2) is 23.0 Å². The quantitative estimate of drug-likeness (QED) is 0.216. The lowest BCUT2D eigenvalue weighted by Crippen LogP contribution is -2.83. The van der Waals surface area contributed by atoms with Crippen LogP contribution in [-0.2, 0) is 33.1 Å². The second-order valence-corrected chi connectivity index (χ2v) is 26.8. The molecule has 5 heterocycles. The molecule has 2 aromatic carbocycles. The summed E-state index contributed by atoms with van der Waals surface area (Å²) < 4.78 is 26.8. The van der Waals surface area contributed by atoms with Gasteiger partial charge in [-0.1, -0.05) is 92.8 Å². The van der Waals surface area contributed by atoms with Crippen LogP contribution in [0.5, 0.6) is 23.0 Å². The lowest BCUT2D eigenvalue weighted by atomic mass is 9.35. The highest BCUT2D eigenvalue weighted by Crippen LogP contribution is 2.78. The van der Waals surface area contributed by atoms with Crippen molar-refractivity contribution in [1.29, 1.82) is 0 Å². The van der Waals surface area contributed by atoms with E-state index in [9.17, 15) is 20.4 Å². The number of likely N-dealkylation sites (tertiary alicyclic amines) is 2. The van der Waals surface area contributed by atoms with Crippen LogP contribution < -0.4 is 9.47 Å². The zero-order valence-electron chi connectivity index (χ0n) is 41.2. The Morgan fingerprint density at radius 1 is 0.667 bits per heavy atom. The van der Waals surface area contributed by atoms with Crippen LogP contribution in [0.1, 0.15) is 144 Å². The molecule has 0 aromatic heterocycles. The Bertz CT molecular complexity index is 2570. The monoisotopic (exact) mass is 947 g/mol. The molecule has 3 saturated heterocycles. The maximum absolute atomic E-state index is 12.4. The molecule has 5 spiro atoms. The van der Waals surface area contributed by atoms with Crippen LogP contribution >= 0.6 is 0 Å². The lowest BCUT2D eigenvalue weighted by Gasteiger charge is -2.74. The predicted octanol–water partition coefficient (Wildman–Crippen LogP) is 9.36. The minimum absolute atomic E-state index is 0. The number of fused-ring (bicyclic) bond motifs is 1. The smallest absolute Gasteiger partial charge is 0.165 e. The Kier molecular flexibility index (Phi) is 9.47. The second-order valence-electron chi connectivity index (χ2n) is 26.8. The van der Waals surface area contributed by atoms with E-state index in [4.69, 9.17) is 18.9 Å². The summed E-state index contributed by atoms with van der Waals surface area (Å²) >= 11 is 0. The fourth-order valence-corrected chi connectivity index (χ4v) is 18.1. The molecule has 0 amide bonds. The summed E-state index contributed by atoms with van der Waals surface area (Å²) in [7, 11) is 0. The Balaban J connectivity index is 0.000000139. The van der Waals surface area contributed by atoms with Crippen molar-refractivity contribution in [2.75, 3.05) is 33.0 Å². The van der Waals surface area contributed by atoms with Crippen molar-refractivity contribution in [3.05, 3.63) is 70.8 Å². The third-order valence-electron chi connectivity index (χ3n) is 22.6. The minimum atomic E-state index is -1.29. The summed E-state index contributed by atoms with van der Waals surface area (Å²) in [6, 6.07) is 8.66. The van der Waals surface area contributed by atoms with E-state index in [-0.39, 0.29) is 83.8 Å². The van der Waals surface area contributed by atoms with Gasteiger partial charge in [-0.25, -0.2) is 0 Å². The summed E-state index contributed by atoms with van der Waals surface area (Å²) in [5.41, 5.74) is 0.663. The van der Waals surface area contributed by atoms with Crippen LogP contribution in [0.2, 0.25) is 0 Å². The molecule has 0 unspecified atom stereocenters. The Labute approximate surface area is 411 Å². The van der Waals surface area contributed by atoms with Gasteiger partial charge < -0.3 is 39.4 Å². The number of phenolic OH excluding ortho intramolecular Hbond substituents is 2. The highest BCUT2D eigenvalue weighted by molar-refractivity contribution is 5.67. The van der Waals surface area contributed by atoms with E-state index < -0.39 is 28.3 Å². The molecule has 17 rings (SSSR count). The fourth-order valence-electron chi connectivity index (χ4n) is 18.1. The van der Waals surface area contributed by atoms with Crippen molar-refractivity contribution in [1.82, 2.24) is 9.80 Å². The standard InChI is InChI=1S/C29H37NO4.C28H37NO4.2CH4/c1-25(2,3)26(4)20-14-27-9-10-29(20,33-16-32-26)24-28(27)11-12-30(15-17-5-6-17)21(27)13-18-7-8-19(31)23(34-24)22(18)28;1-24(2,3)25(4,31)19-14-26-9-10-28(19,32)23-27(26)11-12-29(15-16-5-6-16)20(26)13-17-7-8-18(30)22(33-23)21(17)27;;/h7-10,17,20-21,24,31H,5-6,11-16H2,1-4H3;7-10,16,19-20,23,30-32H,5-6,11-15H2,1-4H3;2*1H4/t20-,21-,24-,26+,27-,28+,29-;19-,20-,23-,25+,26-,27+,28-;;/m11../s1. The lowest BCUT2D eigenvalue weighted by molar-refractivity contribution is -0.356. The normalized spacial score (nSPS) is 44.8. The van der Waals surface area contributed by atoms with E-state index in [1.54, 1.807) is 6.07 Å². The number of piperidine rings is 2. The molecule has 2 aromatic rings. The number of ether oxygens (including phenoxy) is 4. The van der Waals surface area contributed by atoms with Crippen molar-refractivity contribution < 1.29 is 39.4 Å². The molecule has 69 heavy (non-hydrogen) atoms. The molecule has 10 heteroatoms. The highest BCUT2D eigenvalue weighted by atomic mass is 16.7. The van der Waals surface area contributed by atoms with Gasteiger partial charge in [-0.3, -0.25) is 9.80 Å². The van der Waals surface area contributed by atoms with Gasteiger partial charge in [-0.15, -0.1) is 0 Å². The molecule has 14 atom stereocenters. The first kappa shape index (κ1) is 46.9. The SMILES string of the molecule is C.C.CC(C)(C)[C@@](C)(O)[C@H]1C[C@@]23C=C[C@]1(O)[C@@H]1Oc4c(O)ccc5c4[C@@]12CCN(CC1CC1)[C@@H]3C5.CC(C)(C)[C@@]1(C)OCO[C@]23C=C[C@@]4(C[C@@H]21)[C@H]1Cc2ccc(O)c5c2[C@@]4(CCN1CC1CC1)[C@H]3O5. The zero-order valence-corrected chi connectivity index (χ0v) is 41.2. The molecule has 4 N–H and O–H groups in total. The molecule has 376 valence electrons. The molecule has 7 fully saturated rings. The molecule has 4 saturated carbocycles.